The van der Waals surface area contributed by atoms with Crippen molar-refractivity contribution in [3.63, 3.8) is 0 Å². The number of rotatable bonds is 10. The van der Waals surface area contributed by atoms with E-state index in [1.54, 1.807) is 27.4 Å². The number of fused-ring (bicyclic) bond motifs is 5. The van der Waals surface area contributed by atoms with E-state index in [-0.39, 0.29) is 39.7 Å². The first kappa shape index (κ1) is 34.1. The van der Waals surface area contributed by atoms with Gasteiger partial charge in [-0.05, 0) is 120 Å². The highest BCUT2D eigenvalue weighted by molar-refractivity contribution is 5.87. The minimum atomic E-state index is -0.295. The second kappa shape index (κ2) is 12.4. The molecule has 5 rings (SSSR count). The SMILES string of the molecule is CCC1(C)C(C(C)(C)CO)CCC2(C)C1CCC1C3CCCC3(COC(=O)C=Cc3cc(OC)c(OC)c(OC)c3)CCC12C. The number of hydrogen-bond donors (Lipinski definition) is 1. The molecule has 1 aromatic rings. The van der Waals surface area contributed by atoms with E-state index in [9.17, 15) is 9.90 Å². The molecule has 0 aliphatic heterocycles. The quantitative estimate of drug-likeness (QED) is 0.207. The van der Waals surface area contributed by atoms with Crippen LogP contribution in [0.1, 0.15) is 111 Å². The molecule has 6 heteroatoms. The Kier molecular flexibility index (Phi) is 9.43. The summed E-state index contributed by atoms with van der Waals surface area (Å²) in [7, 11) is 4.75. The maximum atomic E-state index is 13.1. The van der Waals surface area contributed by atoms with Crippen LogP contribution < -0.4 is 14.2 Å². The summed E-state index contributed by atoms with van der Waals surface area (Å²) in [6.07, 6.45) is 15.5. The van der Waals surface area contributed by atoms with Crippen LogP contribution in [0.2, 0.25) is 0 Å². The number of hydrogen-bond acceptors (Lipinski definition) is 6. The Balaban J connectivity index is 1.32. The molecule has 0 saturated heterocycles. The second-order valence-corrected chi connectivity index (χ2v) is 16.4. The van der Waals surface area contributed by atoms with Crippen molar-refractivity contribution in [3.05, 3.63) is 23.8 Å². The third-order valence-electron chi connectivity index (χ3n) is 14.5. The van der Waals surface area contributed by atoms with Gasteiger partial charge in [0.05, 0.1) is 27.9 Å². The molecule has 0 bridgehead atoms. The molecule has 4 saturated carbocycles. The lowest BCUT2D eigenvalue weighted by Crippen LogP contribution is -2.64. The van der Waals surface area contributed by atoms with Gasteiger partial charge in [0.1, 0.15) is 0 Å². The Morgan fingerprint density at radius 2 is 1.60 bits per heavy atom. The smallest absolute Gasteiger partial charge is 0.330 e. The van der Waals surface area contributed by atoms with E-state index in [1.165, 1.54) is 57.4 Å². The number of methoxy groups -OCH3 is 3. The van der Waals surface area contributed by atoms with Gasteiger partial charge in [0.15, 0.2) is 11.5 Å². The molecule has 0 amide bonds. The molecule has 252 valence electrons. The molecular formula is C39H60O6. The minimum Gasteiger partial charge on any atom is -0.493 e. The second-order valence-electron chi connectivity index (χ2n) is 16.4. The van der Waals surface area contributed by atoms with Crippen molar-refractivity contribution in [2.75, 3.05) is 34.5 Å². The zero-order valence-electron chi connectivity index (χ0n) is 29.6. The largest absolute Gasteiger partial charge is 0.493 e. The van der Waals surface area contributed by atoms with Crippen LogP contribution in [-0.4, -0.2) is 45.6 Å². The lowest BCUT2D eigenvalue weighted by atomic mass is 9.33. The summed E-state index contributed by atoms with van der Waals surface area (Å²) in [6, 6.07) is 3.66. The number of benzene rings is 1. The molecule has 0 aromatic heterocycles. The van der Waals surface area contributed by atoms with E-state index in [4.69, 9.17) is 18.9 Å². The summed E-state index contributed by atoms with van der Waals surface area (Å²) in [6.45, 7) is 15.6. The molecule has 8 unspecified atom stereocenters. The molecule has 0 radical (unpaired) electrons. The van der Waals surface area contributed by atoms with Crippen LogP contribution in [-0.2, 0) is 9.53 Å². The van der Waals surface area contributed by atoms with E-state index < -0.39 is 0 Å². The molecule has 45 heavy (non-hydrogen) atoms. The Labute approximate surface area is 272 Å². The third-order valence-corrected chi connectivity index (χ3v) is 14.5. The van der Waals surface area contributed by atoms with Crippen molar-refractivity contribution in [2.45, 2.75) is 106 Å². The first-order valence-corrected chi connectivity index (χ1v) is 17.5. The summed E-state index contributed by atoms with van der Waals surface area (Å²) < 4.78 is 22.5. The van der Waals surface area contributed by atoms with Crippen molar-refractivity contribution >= 4 is 12.0 Å². The molecular weight excluding hydrogens is 564 g/mol. The zero-order valence-corrected chi connectivity index (χ0v) is 29.6. The Hall–Kier alpha value is -2.21. The summed E-state index contributed by atoms with van der Waals surface area (Å²) in [4.78, 5) is 13.1. The minimum absolute atomic E-state index is 0.0547. The highest BCUT2D eigenvalue weighted by Gasteiger charge is 2.68. The van der Waals surface area contributed by atoms with E-state index in [0.717, 1.165) is 18.4 Å². The van der Waals surface area contributed by atoms with Crippen LogP contribution in [0.3, 0.4) is 0 Å². The van der Waals surface area contributed by atoms with Crippen LogP contribution in [0.5, 0.6) is 17.2 Å². The van der Waals surface area contributed by atoms with Crippen LogP contribution >= 0.6 is 0 Å². The standard InChI is InChI=1S/C39H60O6/c1-10-36(4)31(35(2,3)24-40)17-19-38(6)32(36)15-14-27-28-12-11-18-39(28,21-20-37(27,38)5)25-45-33(41)16-13-26-22-29(42-7)34(44-9)30(23-26)43-8/h13,16,22-23,27-28,31-32,40H,10-12,14-15,17-21,24-25H2,1-9H3. The predicted molar refractivity (Wildman–Crippen MR) is 180 cm³/mol. The number of carbonyl (C=O) groups excluding carboxylic acids is 1. The normalized spacial score (nSPS) is 37.8. The Bertz CT molecular complexity index is 1240. The molecule has 6 nitrogen and oxygen atoms in total. The molecule has 4 aliphatic carbocycles. The fraction of sp³-hybridized carbons (Fsp3) is 0.769. The Morgan fingerprint density at radius 1 is 0.911 bits per heavy atom. The van der Waals surface area contributed by atoms with Gasteiger partial charge in [0.2, 0.25) is 5.75 Å². The van der Waals surface area contributed by atoms with Crippen molar-refractivity contribution in [1.29, 1.82) is 0 Å². The fourth-order valence-electron chi connectivity index (χ4n) is 11.8. The van der Waals surface area contributed by atoms with Crippen LogP contribution in [0, 0.1) is 50.7 Å². The predicted octanol–water partition coefficient (Wildman–Crippen LogP) is 8.73. The van der Waals surface area contributed by atoms with Crippen LogP contribution in [0.4, 0.5) is 0 Å². The average molecular weight is 625 g/mol. The van der Waals surface area contributed by atoms with Gasteiger partial charge < -0.3 is 24.1 Å². The van der Waals surface area contributed by atoms with Gasteiger partial charge in [0.25, 0.3) is 0 Å². The van der Waals surface area contributed by atoms with E-state index >= 15 is 0 Å². The average Bonchev–Trinajstić information content (AvgIpc) is 3.46. The summed E-state index contributed by atoms with van der Waals surface area (Å²) in [5.41, 5.74) is 1.63. The maximum absolute atomic E-state index is 13.1. The highest BCUT2D eigenvalue weighted by atomic mass is 16.5. The lowest BCUT2D eigenvalue weighted by molar-refractivity contribution is -0.231. The summed E-state index contributed by atoms with van der Waals surface area (Å²) in [5.74, 6) is 3.84. The number of aliphatic hydroxyl groups excluding tert-OH is 1. The number of ether oxygens (including phenoxy) is 4. The van der Waals surface area contributed by atoms with Gasteiger partial charge in [-0.1, -0.05) is 54.4 Å². The van der Waals surface area contributed by atoms with Gasteiger partial charge >= 0.3 is 5.97 Å². The molecule has 0 heterocycles. The van der Waals surface area contributed by atoms with Crippen molar-refractivity contribution in [1.82, 2.24) is 0 Å². The molecule has 1 aromatic carbocycles. The first-order valence-electron chi connectivity index (χ1n) is 17.5. The molecule has 8 atom stereocenters. The van der Waals surface area contributed by atoms with Gasteiger partial charge in [-0.2, -0.15) is 0 Å². The topological polar surface area (TPSA) is 74.2 Å². The van der Waals surface area contributed by atoms with Gasteiger partial charge in [-0.25, -0.2) is 4.79 Å². The van der Waals surface area contributed by atoms with Crippen LogP contribution in [0.25, 0.3) is 6.08 Å². The summed E-state index contributed by atoms with van der Waals surface area (Å²) in [5, 5.41) is 10.4. The zero-order chi connectivity index (χ0) is 32.8. The molecule has 1 N–H and O–H groups in total. The van der Waals surface area contributed by atoms with E-state index in [2.05, 4.69) is 41.5 Å². The Morgan fingerprint density at radius 3 is 2.20 bits per heavy atom. The molecule has 0 spiro atoms. The van der Waals surface area contributed by atoms with Gasteiger partial charge in [-0.3, -0.25) is 0 Å². The van der Waals surface area contributed by atoms with Crippen molar-refractivity contribution < 1.29 is 28.8 Å². The lowest BCUT2D eigenvalue weighted by Gasteiger charge is -2.71. The van der Waals surface area contributed by atoms with E-state index in [1.807, 2.05) is 12.1 Å². The monoisotopic (exact) mass is 624 g/mol. The van der Waals surface area contributed by atoms with Gasteiger partial charge in [0, 0.05) is 18.1 Å². The van der Waals surface area contributed by atoms with E-state index in [0.29, 0.717) is 47.5 Å². The summed E-state index contributed by atoms with van der Waals surface area (Å²) >= 11 is 0. The number of carbonyl (C=O) groups is 1. The van der Waals surface area contributed by atoms with Crippen molar-refractivity contribution in [2.24, 2.45) is 50.7 Å². The number of esters is 1. The number of aliphatic hydroxyl groups is 1. The third kappa shape index (κ3) is 5.39. The first-order chi connectivity index (χ1) is 21.3. The molecule has 4 aliphatic rings. The van der Waals surface area contributed by atoms with Gasteiger partial charge in [-0.15, -0.1) is 0 Å². The fourth-order valence-corrected chi connectivity index (χ4v) is 11.8. The molecule has 4 fully saturated rings. The maximum Gasteiger partial charge on any atom is 0.330 e. The van der Waals surface area contributed by atoms with Crippen molar-refractivity contribution in [3.8, 4) is 17.2 Å². The highest BCUT2D eigenvalue weighted by Crippen LogP contribution is 2.75. The van der Waals surface area contributed by atoms with Crippen LogP contribution in [0.15, 0.2) is 18.2 Å².